The van der Waals surface area contributed by atoms with Crippen molar-refractivity contribution in [1.82, 2.24) is 4.90 Å². The summed E-state index contributed by atoms with van der Waals surface area (Å²) in [6.07, 6.45) is -1.15. The number of carbonyl (C=O) groups excluding carboxylic acids is 1. The number of hydrogen-bond acceptors (Lipinski definition) is 5. The molecule has 0 aromatic heterocycles. The van der Waals surface area contributed by atoms with E-state index in [2.05, 4.69) is 0 Å². The van der Waals surface area contributed by atoms with Crippen molar-refractivity contribution in [2.45, 2.75) is 31.9 Å². The van der Waals surface area contributed by atoms with Crippen LogP contribution in [0.4, 0.5) is 18.9 Å². The predicted molar refractivity (Wildman–Crippen MR) is 116 cm³/mol. The third kappa shape index (κ3) is 5.28. The number of hydrogen-bond donors (Lipinski definition) is 0. The first kappa shape index (κ1) is 23.8. The van der Waals surface area contributed by atoms with Crippen molar-refractivity contribution in [1.29, 1.82) is 5.26 Å². The van der Waals surface area contributed by atoms with Gasteiger partial charge < -0.3 is 19.3 Å². The van der Waals surface area contributed by atoms with Crippen molar-refractivity contribution in [3.8, 4) is 6.07 Å². The highest BCUT2D eigenvalue weighted by Crippen LogP contribution is 2.45. The van der Waals surface area contributed by atoms with E-state index >= 15 is 0 Å². The van der Waals surface area contributed by atoms with Crippen LogP contribution in [0.1, 0.15) is 36.8 Å². The smallest absolute Gasteiger partial charge is 0.384 e. The molecule has 1 aromatic rings. The Kier molecular flexibility index (Phi) is 6.87. The molecule has 1 amide bonds. The molecule has 0 unspecified atom stereocenters. The monoisotopic (exact) mass is 465 g/mol. The maximum absolute atomic E-state index is 13.5. The number of nitriles is 1. The molecule has 2 saturated heterocycles. The summed E-state index contributed by atoms with van der Waals surface area (Å²) < 4.78 is 51.7. The van der Waals surface area contributed by atoms with E-state index in [1.165, 1.54) is 18.9 Å². The highest BCUT2D eigenvalue weighted by Gasteiger charge is 2.51. The topological polar surface area (TPSA) is 65.8 Å². The maximum Gasteiger partial charge on any atom is 0.417 e. The number of amides is 1. The average molecular weight is 466 g/mol. The normalized spacial score (nSPS) is 25.1. The fourth-order valence-corrected chi connectivity index (χ4v) is 5.12. The van der Waals surface area contributed by atoms with E-state index < -0.39 is 11.7 Å². The number of alkyl halides is 3. The molecule has 1 aliphatic carbocycles. The highest BCUT2D eigenvalue weighted by atomic mass is 19.4. The number of fused-ring (bicyclic) bond motifs is 1. The van der Waals surface area contributed by atoms with E-state index in [1.807, 2.05) is 9.80 Å². The van der Waals surface area contributed by atoms with Crippen LogP contribution in [0, 0.1) is 28.6 Å². The number of rotatable bonds is 8. The number of piperidine rings is 1. The first-order valence-corrected chi connectivity index (χ1v) is 11.5. The fourth-order valence-electron chi connectivity index (χ4n) is 5.12. The van der Waals surface area contributed by atoms with Gasteiger partial charge in [0.15, 0.2) is 0 Å². The van der Waals surface area contributed by atoms with Gasteiger partial charge in [-0.1, -0.05) is 0 Å². The van der Waals surface area contributed by atoms with Crippen LogP contribution in [0.3, 0.4) is 0 Å². The first-order chi connectivity index (χ1) is 15.8. The molecule has 6 nitrogen and oxygen atoms in total. The Labute approximate surface area is 192 Å². The third-order valence-corrected chi connectivity index (χ3v) is 7.17. The third-order valence-electron chi connectivity index (χ3n) is 7.17. The van der Waals surface area contributed by atoms with Crippen LogP contribution in [0.25, 0.3) is 0 Å². The van der Waals surface area contributed by atoms with Crippen molar-refractivity contribution >= 4 is 11.6 Å². The molecule has 180 valence electrons. The summed E-state index contributed by atoms with van der Waals surface area (Å²) in [4.78, 5) is 16.5. The molecule has 9 heteroatoms. The van der Waals surface area contributed by atoms with Gasteiger partial charge in [-0.05, 0) is 49.3 Å². The number of benzene rings is 1. The number of nitrogens with zero attached hydrogens (tertiary/aromatic N) is 3. The van der Waals surface area contributed by atoms with Gasteiger partial charge in [-0.15, -0.1) is 0 Å². The van der Waals surface area contributed by atoms with Gasteiger partial charge in [-0.2, -0.15) is 18.4 Å². The molecule has 2 aliphatic heterocycles. The minimum atomic E-state index is -4.59. The fraction of sp³-hybridized carbons (Fsp3) is 0.667. The second-order valence-corrected chi connectivity index (χ2v) is 9.58. The van der Waals surface area contributed by atoms with Crippen molar-refractivity contribution in [3.63, 3.8) is 0 Å². The molecular weight excluding hydrogens is 435 g/mol. The number of methoxy groups -OCH3 is 1. The number of ether oxygens (including phenoxy) is 2. The molecule has 2 heterocycles. The lowest BCUT2D eigenvalue weighted by Crippen LogP contribution is -2.53. The van der Waals surface area contributed by atoms with Gasteiger partial charge in [-0.3, -0.25) is 4.79 Å². The van der Waals surface area contributed by atoms with Crippen molar-refractivity contribution < 1.29 is 27.4 Å². The van der Waals surface area contributed by atoms with Crippen molar-refractivity contribution in [3.05, 3.63) is 29.3 Å². The van der Waals surface area contributed by atoms with E-state index in [4.69, 9.17) is 14.7 Å². The summed E-state index contributed by atoms with van der Waals surface area (Å²) in [6, 6.07) is 5.56. The minimum absolute atomic E-state index is 0.0352. The number of likely N-dealkylation sites (tertiary alicyclic amines) is 1. The molecule has 4 rings (SSSR count). The summed E-state index contributed by atoms with van der Waals surface area (Å²) in [7, 11) is 1.56. The Morgan fingerprint density at radius 1 is 1.27 bits per heavy atom. The first-order valence-electron chi connectivity index (χ1n) is 11.5. The molecule has 0 spiro atoms. The Morgan fingerprint density at radius 2 is 2.06 bits per heavy atom. The minimum Gasteiger partial charge on any atom is -0.384 e. The Bertz CT molecular complexity index is 912. The highest BCUT2D eigenvalue weighted by molar-refractivity contribution is 5.76. The van der Waals surface area contributed by atoms with Gasteiger partial charge in [0, 0.05) is 51.0 Å². The van der Waals surface area contributed by atoms with Crippen molar-refractivity contribution in [2.75, 3.05) is 58.0 Å². The Hall–Kier alpha value is -2.31. The summed E-state index contributed by atoms with van der Waals surface area (Å²) in [5.74, 6) is 0.856. The molecule has 33 heavy (non-hydrogen) atoms. The lowest BCUT2D eigenvalue weighted by molar-refractivity contribution is -0.138. The second kappa shape index (κ2) is 9.51. The zero-order chi connectivity index (χ0) is 23.6. The number of halogens is 3. The summed E-state index contributed by atoms with van der Waals surface area (Å²) in [5, 5.41) is 9.11. The standard InChI is InChI=1S/C24H30F3N3O3/c1-32-9-7-22(31)29-8-6-19-12-30(15-23(19,14-29)16-33-13-17-2-3-17)20-5-4-18(11-28)21(10-20)24(25,26)27/h4-5,10,17,19H,2-3,6-9,12-16H2,1H3/t19-,23+/m0/s1. The number of carbonyl (C=O) groups is 1. The molecule has 0 N–H and O–H groups in total. The van der Waals surface area contributed by atoms with Crippen LogP contribution < -0.4 is 4.90 Å². The van der Waals surface area contributed by atoms with Crippen LogP contribution in [-0.4, -0.2) is 63.9 Å². The lowest BCUT2D eigenvalue weighted by Gasteiger charge is -2.44. The quantitative estimate of drug-likeness (QED) is 0.586. The lowest BCUT2D eigenvalue weighted by atomic mass is 9.74. The van der Waals surface area contributed by atoms with Crippen LogP contribution in [-0.2, 0) is 20.4 Å². The van der Waals surface area contributed by atoms with E-state index in [0.29, 0.717) is 64.0 Å². The zero-order valence-corrected chi connectivity index (χ0v) is 18.9. The Morgan fingerprint density at radius 3 is 2.73 bits per heavy atom. The van der Waals surface area contributed by atoms with Crippen LogP contribution in [0.2, 0.25) is 0 Å². The summed E-state index contributed by atoms with van der Waals surface area (Å²) in [6.45, 7) is 3.83. The summed E-state index contributed by atoms with van der Waals surface area (Å²) >= 11 is 0. The molecule has 2 atom stereocenters. The molecule has 1 aromatic carbocycles. The van der Waals surface area contributed by atoms with Gasteiger partial charge in [0.1, 0.15) is 0 Å². The molecular formula is C24H30F3N3O3. The molecule has 3 aliphatic rings. The van der Waals surface area contributed by atoms with Crippen LogP contribution >= 0.6 is 0 Å². The molecule has 3 fully saturated rings. The largest absolute Gasteiger partial charge is 0.417 e. The maximum atomic E-state index is 13.5. The second-order valence-electron chi connectivity index (χ2n) is 9.58. The predicted octanol–water partition coefficient (Wildman–Crippen LogP) is 3.70. The zero-order valence-electron chi connectivity index (χ0n) is 18.9. The van der Waals surface area contributed by atoms with Gasteiger partial charge in [0.05, 0.1) is 36.8 Å². The molecule has 0 bridgehead atoms. The van der Waals surface area contributed by atoms with E-state index in [-0.39, 0.29) is 22.8 Å². The average Bonchev–Trinajstić information content (AvgIpc) is 3.53. The van der Waals surface area contributed by atoms with Gasteiger partial charge in [0.2, 0.25) is 5.91 Å². The van der Waals surface area contributed by atoms with E-state index in [0.717, 1.165) is 12.5 Å². The van der Waals surface area contributed by atoms with E-state index in [9.17, 15) is 18.0 Å². The van der Waals surface area contributed by atoms with Crippen LogP contribution in [0.15, 0.2) is 18.2 Å². The van der Waals surface area contributed by atoms with E-state index in [1.54, 1.807) is 19.2 Å². The molecule has 1 saturated carbocycles. The summed E-state index contributed by atoms with van der Waals surface area (Å²) in [5.41, 5.74) is -1.16. The number of anilines is 1. The van der Waals surface area contributed by atoms with Crippen molar-refractivity contribution in [2.24, 2.45) is 17.3 Å². The van der Waals surface area contributed by atoms with Gasteiger partial charge in [-0.25, -0.2) is 0 Å². The van der Waals surface area contributed by atoms with Gasteiger partial charge in [0.25, 0.3) is 0 Å². The molecule has 0 radical (unpaired) electrons. The van der Waals surface area contributed by atoms with Crippen LogP contribution in [0.5, 0.6) is 0 Å². The Balaban J connectivity index is 1.56. The van der Waals surface area contributed by atoms with Gasteiger partial charge >= 0.3 is 6.18 Å². The SMILES string of the molecule is COCCC(=O)N1CC[C@H]2CN(c3ccc(C#N)c(C(F)(F)F)c3)C[C@@]2(COCC2CC2)C1.